The molecule has 0 saturated heterocycles. The van der Waals surface area contributed by atoms with Crippen LogP contribution in [0.5, 0.6) is 5.75 Å². The Balaban J connectivity index is 1.45. The molecule has 0 aliphatic rings. The monoisotopic (exact) mass is 585 g/mol. The minimum Gasteiger partial charge on any atom is -0.497 e. The minimum atomic E-state index is -0.380. The molecule has 206 valence electrons. The van der Waals surface area contributed by atoms with Crippen molar-refractivity contribution in [3.8, 4) is 5.75 Å². The SMILES string of the molecule is COc1ccc2c(c1)c(CC(=O)Nc1ccccc1C(=O)Nc1ccc(Cl)cc1)c(C)n2C(=O)c1ccc(Cl)cc1. The number of benzene rings is 4. The Bertz CT molecular complexity index is 1780. The number of amides is 2. The molecule has 4 aromatic carbocycles. The second-order valence-corrected chi connectivity index (χ2v) is 10.2. The van der Waals surface area contributed by atoms with Crippen LogP contribution in [-0.2, 0) is 11.2 Å². The van der Waals surface area contributed by atoms with E-state index in [9.17, 15) is 14.4 Å². The molecule has 2 N–H and O–H groups in total. The van der Waals surface area contributed by atoms with Crippen molar-refractivity contribution >= 4 is 63.2 Å². The fourth-order valence-corrected chi connectivity index (χ4v) is 4.92. The molecule has 5 aromatic rings. The van der Waals surface area contributed by atoms with Gasteiger partial charge in [-0.05, 0) is 91.3 Å². The van der Waals surface area contributed by atoms with Gasteiger partial charge in [-0.3, -0.25) is 19.0 Å². The number of fused-ring (bicyclic) bond motifs is 1. The van der Waals surface area contributed by atoms with Gasteiger partial charge in [-0.15, -0.1) is 0 Å². The number of nitrogens with zero attached hydrogens (tertiary/aromatic N) is 1. The van der Waals surface area contributed by atoms with Gasteiger partial charge in [0, 0.05) is 32.4 Å². The molecule has 7 nitrogen and oxygen atoms in total. The third-order valence-corrected chi connectivity index (χ3v) is 7.23. The van der Waals surface area contributed by atoms with Crippen LogP contribution in [-0.4, -0.2) is 29.4 Å². The highest BCUT2D eigenvalue weighted by molar-refractivity contribution is 6.31. The summed E-state index contributed by atoms with van der Waals surface area (Å²) in [5, 5.41) is 7.49. The zero-order chi connectivity index (χ0) is 29.1. The second-order valence-electron chi connectivity index (χ2n) is 9.33. The average Bonchev–Trinajstić information content (AvgIpc) is 3.24. The number of aromatic nitrogens is 1. The van der Waals surface area contributed by atoms with Crippen LogP contribution >= 0.6 is 23.2 Å². The van der Waals surface area contributed by atoms with Crippen molar-refractivity contribution in [1.29, 1.82) is 0 Å². The third kappa shape index (κ3) is 5.96. The standard InChI is InChI=1S/C32H25Cl2N3O4/c1-19-26(27-17-24(41-2)15-16-29(27)37(19)32(40)20-7-9-21(33)10-8-20)18-30(38)36-28-6-4-3-5-25(28)31(39)35-23-13-11-22(34)12-14-23/h3-17H,18H2,1-2H3,(H,35,39)(H,36,38). The molecule has 9 heteroatoms. The molecular formula is C32H25Cl2N3O4. The molecule has 1 heterocycles. The number of rotatable bonds is 7. The first-order chi connectivity index (χ1) is 19.7. The van der Waals surface area contributed by atoms with E-state index in [1.165, 1.54) is 0 Å². The van der Waals surface area contributed by atoms with Gasteiger partial charge in [-0.2, -0.15) is 0 Å². The maximum Gasteiger partial charge on any atom is 0.262 e. The van der Waals surface area contributed by atoms with Crippen molar-refractivity contribution in [2.24, 2.45) is 0 Å². The topological polar surface area (TPSA) is 89.4 Å². The van der Waals surface area contributed by atoms with E-state index in [0.717, 1.165) is 0 Å². The summed E-state index contributed by atoms with van der Waals surface area (Å²) < 4.78 is 7.01. The smallest absolute Gasteiger partial charge is 0.262 e. The Labute approximate surface area is 246 Å². The van der Waals surface area contributed by atoms with Gasteiger partial charge in [0.05, 0.1) is 30.3 Å². The Kier molecular flexibility index (Phi) is 8.10. The maximum atomic E-state index is 13.6. The number of halogens is 2. The first kappa shape index (κ1) is 28.0. The van der Waals surface area contributed by atoms with E-state index >= 15 is 0 Å². The molecule has 2 amide bonds. The van der Waals surface area contributed by atoms with Crippen molar-refractivity contribution in [3.05, 3.63) is 123 Å². The van der Waals surface area contributed by atoms with E-state index in [4.69, 9.17) is 27.9 Å². The van der Waals surface area contributed by atoms with Crippen LogP contribution in [0.25, 0.3) is 10.9 Å². The Morgan fingerprint density at radius 2 is 1.49 bits per heavy atom. The van der Waals surface area contributed by atoms with Gasteiger partial charge in [0.25, 0.3) is 11.8 Å². The summed E-state index contributed by atoms with van der Waals surface area (Å²) in [5.41, 5.74) is 3.63. The van der Waals surface area contributed by atoms with Crippen LogP contribution in [0.1, 0.15) is 32.0 Å². The Morgan fingerprint density at radius 1 is 0.829 bits per heavy atom. The molecular weight excluding hydrogens is 561 g/mol. The van der Waals surface area contributed by atoms with E-state index in [1.54, 1.807) is 104 Å². The fraction of sp³-hybridized carbons (Fsp3) is 0.0938. The van der Waals surface area contributed by atoms with E-state index in [1.807, 2.05) is 6.07 Å². The molecule has 0 aliphatic carbocycles. The average molecular weight is 586 g/mol. The van der Waals surface area contributed by atoms with Crippen LogP contribution in [0.4, 0.5) is 11.4 Å². The zero-order valence-corrected chi connectivity index (χ0v) is 23.7. The number of ether oxygens (including phenoxy) is 1. The summed E-state index contributed by atoms with van der Waals surface area (Å²) in [5.74, 6) is -0.375. The minimum absolute atomic E-state index is 0.0382. The highest BCUT2D eigenvalue weighted by atomic mass is 35.5. The number of anilines is 2. The summed E-state index contributed by atoms with van der Waals surface area (Å²) in [6.45, 7) is 1.80. The van der Waals surface area contributed by atoms with Crippen LogP contribution in [0, 0.1) is 6.92 Å². The number of carbonyl (C=O) groups is 3. The molecule has 0 aliphatic heterocycles. The molecule has 0 spiro atoms. The second kappa shape index (κ2) is 11.9. The first-order valence-electron chi connectivity index (χ1n) is 12.7. The van der Waals surface area contributed by atoms with E-state index in [2.05, 4.69) is 10.6 Å². The first-order valence-corrected chi connectivity index (χ1v) is 13.4. The third-order valence-electron chi connectivity index (χ3n) is 6.72. The van der Waals surface area contributed by atoms with Crippen molar-refractivity contribution in [2.45, 2.75) is 13.3 Å². The Morgan fingerprint density at radius 3 is 2.17 bits per heavy atom. The maximum absolute atomic E-state index is 13.6. The molecule has 0 radical (unpaired) electrons. The summed E-state index contributed by atoms with van der Waals surface area (Å²) in [6, 6.07) is 25.5. The lowest BCUT2D eigenvalue weighted by atomic mass is 10.1. The molecule has 1 aromatic heterocycles. The molecule has 5 rings (SSSR count). The largest absolute Gasteiger partial charge is 0.497 e. The molecule has 0 fully saturated rings. The number of carbonyl (C=O) groups excluding carboxylic acids is 3. The number of methoxy groups -OCH3 is 1. The molecule has 0 saturated carbocycles. The van der Waals surface area contributed by atoms with Crippen molar-refractivity contribution in [1.82, 2.24) is 4.57 Å². The summed E-state index contributed by atoms with van der Waals surface area (Å²) >= 11 is 12.0. The van der Waals surface area contributed by atoms with Gasteiger partial charge >= 0.3 is 0 Å². The molecule has 0 unspecified atom stereocenters. The highest BCUT2D eigenvalue weighted by Gasteiger charge is 2.23. The highest BCUT2D eigenvalue weighted by Crippen LogP contribution is 2.31. The number of nitrogens with one attached hydrogen (secondary N) is 2. The van der Waals surface area contributed by atoms with Crippen molar-refractivity contribution < 1.29 is 19.1 Å². The molecule has 0 atom stereocenters. The van der Waals surface area contributed by atoms with Crippen molar-refractivity contribution in [2.75, 3.05) is 17.7 Å². The van der Waals surface area contributed by atoms with E-state index < -0.39 is 0 Å². The Hall–Kier alpha value is -4.59. The van der Waals surface area contributed by atoms with Gasteiger partial charge in [0.1, 0.15) is 5.75 Å². The summed E-state index contributed by atoms with van der Waals surface area (Å²) in [7, 11) is 1.56. The van der Waals surface area contributed by atoms with Crippen LogP contribution < -0.4 is 15.4 Å². The van der Waals surface area contributed by atoms with Gasteiger partial charge in [0.2, 0.25) is 5.91 Å². The van der Waals surface area contributed by atoms with Gasteiger partial charge in [-0.1, -0.05) is 35.3 Å². The van der Waals surface area contributed by atoms with Gasteiger partial charge in [0.15, 0.2) is 0 Å². The predicted molar refractivity (Wildman–Crippen MR) is 163 cm³/mol. The normalized spacial score (nSPS) is 10.8. The lowest BCUT2D eigenvalue weighted by molar-refractivity contribution is -0.115. The molecule has 0 bridgehead atoms. The summed E-state index contributed by atoms with van der Waals surface area (Å²) in [4.78, 5) is 40.0. The number of para-hydroxylation sites is 1. The predicted octanol–water partition coefficient (Wildman–Crippen LogP) is 7.39. The molecule has 41 heavy (non-hydrogen) atoms. The fourth-order valence-electron chi connectivity index (χ4n) is 4.67. The summed E-state index contributed by atoms with van der Waals surface area (Å²) in [6.07, 6.45) is -0.0382. The quantitative estimate of drug-likeness (QED) is 0.208. The van der Waals surface area contributed by atoms with Crippen LogP contribution in [0.3, 0.4) is 0 Å². The zero-order valence-electron chi connectivity index (χ0n) is 22.2. The van der Waals surface area contributed by atoms with Crippen LogP contribution in [0.15, 0.2) is 91.0 Å². The van der Waals surface area contributed by atoms with Gasteiger partial charge < -0.3 is 15.4 Å². The van der Waals surface area contributed by atoms with E-state index in [0.29, 0.717) is 60.5 Å². The van der Waals surface area contributed by atoms with Crippen molar-refractivity contribution in [3.63, 3.8) is 0 Å². The number of hydrogen-bond acceptors (Lipinski definition) is 4. The van der Waals surface area contributed by atoms with E-state index in [-0.39, 0.29) is 24.1 Å². The lowest BCUT2D eigenvalue weighted by Gasteiger charge is -2.12. The lowest BCUT2D eigenvalue weighted by Crippen LogP contribution is -2.20. The van der Waals surface area contributed by atoms with Crippen LogP contribution in [0.2, 0.25) is 10.0 Å². The number of hydrogen-bond donors (Lipinski definition) is 2. The van der Waals surface area contributed by atoms with Gasteiger partial charge in [-0.25, -0.2) is 0 Å².